The van der Waals surface area contributed by atoms with E-state index in [4.69, 9.17) is 9.47 Å². The maximum absolute atomic E-state index is 6.02. The maximum Gasteiger partial charge on any atom is 0.157 e. The Morgan fingerprint density at radius 2 is 0.880 bits per heavy atom. The van der Waals surface area contributed by atoms with Gasteiger partial charge < -0.3 is 9.47 Å². The van der Waals surface area contributed by atoms with Gasteiger partial charge in [0.25, 0.3) is 0 Å². The number of unbranched alkanes of at least 4 members (excludes halogenated alkanes) is 12. The van der Waals surface area contributed by atoms with Gasteiger partial charge in [-0.1, -0.05) is 105 Å². The van der Waals surface area contributed by atoms with Gasteiger partial charge in [0, 0.05) is 19.6 Å². The molecule has 0 fully saturated rings. The van der Waals surface area contributed by atoms with Gasteiger partial charge in [0.1, 0.15) is 0 Å². The third-order valence-electron chi connectivity index (χ3n) is 4.77. The highest BCUT2D eigenvalue weighted by molar-refractivity contribution is 4.53. The predicted molar refractivity (Wildman–Crippen MR) is 111 cm³/mol. The number of rotatable bonds is 20. The van der Waals surface area contributed by atoms with Crippen molar-refractivity contribution in [3.63, 3.8) is 0 Å². The van der Waals surface area contributed by atoms with Crippen molar-refractivity contribution in [1.82, 2.24) is 0 Å². The van der Waals surface area contributed by atoms with Crippen molar-refractivity contribution in [1.29, 1.82) is 0 Å². The predicted octanol–water partition coefficient (Wildman–Crippen LogP) is 7.89. The van der Waals surface area contributed by atoms with Gasteiger partial charge in [-0.15, -0.1) is 0 Å². The molecule has 0 aliphatic carbocycles. The van der Waals surface area contributed by atoms with Crippen LogP contribution < -0.4 is 0 Å². The molecule has 0 amide bonds. The van der Waals surface area contributed by atoms with Crippen molar-refractivity contribution in [3.8, 4) is 0 Å². The lowest BCUT2D eigenvalue weighted by Crippen LogP contribution is -2.21. The topological polar surface area (TPSA) is 18.5 Å². The Balaban J connectivity index is 3.58. The van der Waals surface area contributed by atoms with E-state index in [0.29, 0.717) is 5.92 Å². The first-order valence-corrected chi connectivity index (χ1v) is 11.4. The molecule has 152 valence electrons. The first-order chi connectivity index (χ1) is 12.2. The summed E-state index contributed by atoms with van der Waals surface area (Å²) in [4.78, 5) is 0. The van der Waals surface area contributed by atoms with Gasteiger partial charge in [0.15, 0.2) is 6.29 Å². The number of ether oxygens (including phenoxy) is 2. The molecule has 2 nitrogen and oxygen atoms in total. The molecule has 0 aromatic heterocycles. The minimum absolute atomic E-state index is 0.0141. The van der Waals surface area contributed by atoms with Crippen LogP contribution in [0.15, 0.2) is 0 Å². The Labute approximate surface area is 159 Å². The summed E-state index contributed by atoms with van der Waals surface area (Å²) in [6.45, 7) is 10.8. The Morgan fingerprint density at radius 3 is 1.24 bits per heavy atom. The van der Waals surface area contributed by atoms with E-state index in [2.05, 4.69) is 27.7 Å². The van der Waals surface area contributed by atoms with E-state index in [0.717, 1.165) is 19.6 Å². The summed E-state index contributed by atoms with van der Waals surface area (Å²) in [6.07, 6.45) is 19.7. The fourth-order valence-electron chi connectivity index (χ4n) is 3.12. The van der Waals surface area contributed by atoms with Crippen LogP contribution in [0.2, 0.25) is 0 Å². The first kappa shape index (κ1) is 24.9. The summed E-state index contributed by atoms with van der Waals surface area (Å²) in [7, 11) is 0. The molecule has 0 bridgehead atoms. The first-order valence-electron chi connectivity index (χ1n) is 11.4. The molecule has 0 aromatic carbocycles. The SMILES string of the molecule is CCCCCCCCCOC(CC(C)C)OCCCCCCCCC. The molecule has 0 spiro atoms. The molecule has 0 aromatic rings. The minimum atomic E-state index is 0.0141. The van der Waals surface area contributed by atoms with E-state index in [-0.39, 0.29) is 6.29 Å². The molecule has 0 N–H and O–H groups in total. The van der Waals surface area contributed by atoms with Crippen molar-refractivity contribution < 1.29 is 9.47 Å². The van der Waals surface area contributed by atoms with Crippen molar-refractivity contribution >= 4 is 0 Å². The molecular weight excluding hydrogens is 308 g/mol. The van der Waals surface area contributed by atoms with Crippen LogP contribution in [0.3, 0.4) is 0 Å². The molecule has 0 rings (SSSR count). The van der Waals surface area contributed by atoms with E-state index in [1.165, 1.54) is 89.9 Å². The van der Waals surface area contributed by atoms with Crippen LogP contribution in [0.25, 0.3) is 0 Å². The lowest BCUT2D eigenvalue weighted by atomic mass is 10.1. The van der Waals surface area contributed by atoms with Crippen LogP contribution >= 0.6 is 0 Å². The largest absolute Gasteiger partial charge is 0.353 e. The average Bonchev–Trinajstić information content (AvgIpc) is 2.58. The highest BCUT2D eigenvalue weighted by Crippen LogP contribution is 2.13. The molecule has 25 heavy (non-hydrogen) atoms. The van der Waals surface area contributed by atoms with Crippen LogP contribution in [-0.2, 0) is 9.47 Å². The van der Waals surface area contributed by atoms with Gasteiger partial charge in [-0.05, 0) is 18.8 Å². The molecule has 0 radical (unpaired) electrons. The van der Waals surface area contributed by atoms with Gasteiger partial charge in [-0.25, -0.2) is 0 Å². The van der Waals surface area contributed by atoms with E-state index in [1.807, 2.05) is 0 Å². The van der Waals surface area contributed by atoms with Gasteiger partial charge in [0.05, 0.1) is 0 Å². The second kappa shape index (κ2) is 20.2. The molecule has 0 aliphatic heterocycles. The quantitative estimate of drug-likeness (QED) is 0.163. The van der Waals surface area contributed by atoms with Gasteiger partial charge in [-0.2, -0.15) is 0 Å². The highest BCUT2D eigenvalue weighted by Gasteiger charge is 2.11. The lowest BCUT2D eigenvalue weighted by Gasteiger charge is -2.20. The highest BCUT2D eigenvalue weighted by atomic mass is 16.7. The summed E-state index contributed by atoms with van der Waals surface area (Å²) in [5, 5.41) is 0. The molecule has 0 saturated carbocycles. The molecule has 2 heteroatoms. The fraction of sp³-hybridized carbons (Fsp3) is 1.00. The zero-order valence-corrected chi connectivity index (χ0v) is 18.0. The molecule has 0 aliphatic rings. The van der Waals surface area contributed by atoms with Crippen LogP contribution in [0.1, 0.15) is 124 Å². The zero-order valence-electron chi connectivity index (χ0n) is 18.0. The minimum Gasteiger partial charge on any atom is -0.353 e. The standard InChI is InChI=1S/C23H48O2/c1-5-7-9-11-13-15-17-19-24-23(21-22(3)4)25-20-18-16-14-12-10-8-6-2/h22-23H,5-21H2,1-4H3. The molecule has 0 saturated heterocycles. The zero-order chi connectivity index (χ0) is 18.6. The summed E-state index contributed by atoms with van der Waals surface area (Å²) in [5.41, 5.74) is 0. The molecule has 0 unspecified atom stereocenters. The normalized spacial score (nSPS) is 11.8. The van der Waals surface area contributed by atoms with E-state index in [1.54, 1.807) is 0 Å². The molecule has 0 atom stereocenters. The van der Waals surface area contributed by atoms with Crippen molar-refractivity contribution in [3.05, 3.63) is 0 Å². The van der Waals surface area contributed by atoms with Gasteiger partial charge in [-0.3, -0.25) is 0 Å². The van der Waals surface area contributed by atoms with Crippen molar-refractivity contribution in [2.24, 2.45) is 5.92 Å². The monoisotopic (exact) mass is 356 g/mol. The van der Waals surface area contributed by atoms with E-state index in [9.17, 15) is 0 Å². The Bertz CT molecular complexity index is 220. The molecule has 0 heterocycles. The fourth-order valence-corrected chi connectivity index (χ4v) is 3.12. The Hall–Kier alpha value is -0.0800. The summed E-state index contributed by atoms with van der Waals surface area (Å²) >= 11 is 0. The summed E-state index contributed by atoms with van der Waals surface area (Å²) in [6, 6.07) is 0. The van der Waals surface area contributed by atoms with E-state index < -0.39 is 0 Å². The summed E-state index contributed by atoms with van der Waals surface area (Å²) < 4.78 is 12.0. The van der Waals surface area contributed by atoms with Crippen molar-refractivity contribution in [2.45, 2.75) is 130 Å². The number of hydrogen-bond donors (Lipinski definition) is 0. The van der Waals surface area contributed by atoms with Crippen LogP contribution in [0, 0.1) is 5.92 Å². The summed E-state index contributed by atoms with van der Waals surface area (Å²) in [5.74, 6) is 0.632. The van der Waals surface area contributed by atoms with Crippen LogP contribution in [0.5, 0.6) is 0 Å². The third-order valence-corrected chi connectivity index (χ3v) is 4.77. The Kier molecular flexibility index (Phi) is 20.2. The second-order valence-corrected chi connectivity index (χ2v) is 8.04. The van der Waals surface area contributed by atoms with E-state index >= 15 is 0 Å². The Morgan fingerprint density at radius 1 is 0.520 bits per heavy atom. The average molecular weight is 357 g/mol. The number of hydrogen-bond acceptors (Lipinski definition) is 2. The maximum atomic E-state index is 6.02. The van der Waals surface area contributed by atoms with Gasteiger partial charge >= 0.3 is 0 Å². The molecular formula is C23H48O2. The van der Waals surface area contributed by atoms with Crippen LogP contribution in [-0.4, -0.2) is 19.5 Å². The van der Waals surface area contributed by atoms with Gasteiger partial charge in [0.2, 0.25) is 0 Å². The third kappa shape index (κ3) is 20.1. The second-order valence-electron chi connectivity index (χ2n) is 8.04. The van der Waals surface area contributed by atoms with Crippen molar-refractivity contribution in [2.75, 3.05) is 13.2 Å². The van der Waals surface area contributed by atoms with Crippen LogP contribution in [0.4, 0.5) is 0 Å². The lowest BCUT2D eigenvalue weighted by molar-refractivity contribution is -0.152. The smallest absolute Gasteiger partial charge is 0.157 e.